The van der Waals surface area contributed by atoms with Gasteiger partial charge in [-0.25, -0.2) is 0 Å². The highest BCUT2D eigenvalue weighted by Crippen LogP contribution is 2.31. The normalized spacial score (nSPS) is 18.2. The average molecular weight is 277 g/mol. The van der Waals surface area contributed by atoms with Crippen LogP contribution in [-0.4, -0.2) is 19.2 Å². The topological polar surface area (TPSA) is 61.5 Å². The summed E-state index contributed by atoms with van der Waals surface area (Å²) in [5, 5.41) is 0. The Labute approximate surface area is 120 Å². The summed E-state index contributed by atoms with van der Waals surface area (Å²) in [6.07, 6.45) is 4.33. The molecule has 1 aromatic carbocycles. The highest BCUT2D eigenvalue weighted by molar-refractivity contribution is 5.68. The van der Waals surface area contributed by atoms with Crippen molar-refractivity contribution in [2.75, 3.05) is 7.11 Å². The van der Waals surface area contributed by atoms with Crippen LogP contribution in [0.1, 0.15) is 49.8 Å². The van der Waals surface area contributed by atoms with Gasteiger partial charge in [0.15, 0.2) is 0 Å². The molecule has 0 bridgehead atoms. The Morgan fingerprint density at radius 3 is 3.05 bits per heavy atom. The number of unbranched alkanes of at least 4 members (excludes halogenated alkanes) is 1. The van der Waals surface area contributed by atoms with Crippen molar-refractivity contribution in [1.82, 2.24) is 0 Å². The zero-order valence-electron chi connectivity index (χ0n) is 12.2. The molecule has 0 amide bonds. The van der Waals surface area contributed by atoms with E-state index in [4.69, 9.17) is 10.5 Å². The molecule has 20 heavy (non-hydrogen) atoms. The second-order valence-corrected chi connectivity index (χ2v) is 5.43. The summed E-state index contributed by atoms with van der Waals surface area (Å²) in [5.74, 6) is 0.835. The van der Waals surface area contributed by atoms with Crippen molar-refractivity contribution >= 4 is 5.97 Å². The van der Waals surface area contributed by atoms with E-state index >= 15 is 0 Å². The van der Waals surface area contributed by atoms with E-state index in [9.17, 15) is 4.79 Å². The Morgan fingerprint density at radius 1 is 1.50 bits per heavy atom. The first kappa shape index (κ1) is 14.9. The lowest BCUT2D eigenvalue weighted by atomic mass is 9.98. The Kier molecular flexibility index (Phi) is 5.01. The molecule has 0 spiro atoms. The van der Waals surface area contributed by atoms with Gasteiger partial charge >= 0.3 is 5.97 Å². The van der Waals surface area contributed by atoms with Crippen LogP contribution in [0.2, 0.25) is 0 Å². The van der Waals surface area contributed by atoms with Gasteiger partial charge in [-0.05, 0) is 37.0 Å². The van der Waals surface area contributed by atoms with Crippen LogP contribution in [0, 0.1) is 0 Å². The molecule has 0 fully saturated rings. The lowest BCUT2D eigenvalue weighted by Crippen LogP contribution is -2.10. The minimum absolute atomic E-state index is 0.0221. The molecule has 1 aliphatic rings. The fraction of sp³-hybridized carbons (Fsp3) is 0.562. The second-order valence-electron chi connectivity index (χ2n) is 5.43. The first-order valence-corrected chi connectivity index (χ1v) is 7.22. The maximum absolute atomic E-state index is 11.0. The van der Waals surface area contributed by atoms with Gasteiger partial charge in [-0.2, -0.15) is 0 Å². The van der Waals surface area contributed by atoms with Crippen LogP contribution in [0.15, 0.2) is 18.2 Å². The van der Waals surface area contributed by atoms with Gasteiger partial charge in [0.05, 0.1) is 7.11 Å². The molecule has 1 heterocycles. The standard InChI is InChI=1S/C16H23NO3/c1-11-9-13-10-12(7-8-15(13)20-11)14(17)5-3-4-6-16(18)19-2/h7-8,10-11,14H,3-6,9,17H2,1-2H3. The zero-order valence-corrected chi connectivity index (χ0v) is 12.2. The molecule has 0 aromatic heterocycles. The Bertz CT molecular complexity index is 473. The molecule has 0 saturated heterocycles. The SMILES string of the molecule is COC(=O)CCCCC(N)c1ccc2c(c1)CC(C)O2. The molecule has 4 nitrogen and oxygen atoms in total. The number of esters is 1. The third-order valence-electron chi connectivity index (χ3n) is 3.72. The molecule has 0 aliphatic carbocycles. The molecular formula is C16H23NO3. The number of carbonyl (C=O) groups excluding carboxylic acids is 1. The third kappa shape index (κ3) is 3.73. The van der Waals surface area contributed by atoms with Crippen LogP contribution in [0.25, 0.3) is 0 Å². The number of rotatable bonds is 6. The van der Waals surface area contributed by atoms with E-state index < -0.39 is 0 Å². The van der Waals surface area contributed by atoms with Crippen molar-refractivity contribution in [2.45, 2.75) is 51.2 Å². The average Bonchev–Trinajstić information content (AvgIpc) is 2.81. The quantitative estimate of drug-likeness (QED) is 0.641. The number of hydrogen-bond acceptors (Lipinski definition) is 4. The van der Waals surface area contributed by atoms with Crippen LogP contribution in [-0.2, 0) is 16.0 Å². The Balaban J connectivity index is 1.83. The Hall–Kier alpha value is -1.55. The molecule has 2 N–H and O–H groups in total. The van der Waals surface area contributed by atoms with Crippen molar-refractivity contribution in [3.8, 4) is 5.75 Å². The summed E-state index contributed by atoms with van der Waals surface area (Å²) in [7, 11) is 1.42. The van der Waals surface area contributed by atoms with E-state index in [0.29, 0.717) is 6.42 Å². The van der Waals surface area contributed by atoms with E-state index in [2.05, 4.69) is 17.7 Å². The van der Waals surface area contributed by atoms with Gasteiger partial charge in [0.2, 0.25) is 0 Å². The minimum Gasteiger partial charge on any atom is -0.490 e. The van der Waals surface area contributed by atoms with Gasteiger partial charge < -0.3 is 15.2 Å². The monoisotopic (exact) mass is 277 g/mol. The second kappa shape index (κ2) is 6.75. The first-order valence-electron chi connectivity index (χ1n) is 7.22. The summed E-state index contributed by atoms with van der Waals surface area (Å²) in [4.78, 5) is 11.0. The van der Waals surface area contributed by atoms with Crippen LogP contribution in [0.5, 0.6) is 5.75 Å². The number of methoxy groups -OCH3 is 1. The summed E-state index contributed by atoms with van der Waals surface area (Å²) >= 11 is 0. The predicted octanol–water partition coefficient (Wildman–Crippen LogP) is 2.74. The van der Waals surface area contributed by atoms with Crippen molar-refractivity contribution in [3.05, 3.63) is 29.3 Å². The van der Waals surface area contributed by atoms with Gasteiger partial charge in [-0.3, -0.25) is 4.79 Å². The molecular weight excluding hydrogens is 254 g/mol. The minimum atomic E-state index is -0.151. The van der Waals surface area contributed by atoms with Crippen LogP contribution < -0.4 is 10.5 Å². The number of nitrogens with two attached hydrogens (primary N) is 1. The van der Waals surface area contributed by atoms with E-state index in [1.54, 1.807) is 0 Å². The van der Waals surface area contributed by atoms with Crippen LogP contribution in [0.3, 0.4) is 0 Å². The summed E-state index contributed by atoms with van der Waals surface area (Å²) in [6, 6.07) is 6.24. The van der Waals surface area contributed by atoms with Crippen molar-refractivity contribution in [2.24, 2.45) is 5.73 Å². The maximum Gasteiger partial charge on any atom is 0.305 e. The molecule has 0 radical (unpaired) electrons. The van der Waals surface area contributed by atoms with Gasteiger partial charge in [0, 0.05) is 18.9 Å². The van der Waals surface area contributed by atoms with E-state index in [-0.39, 0.29) is 18.1 Å². The summed E-state index contributed by atoms with van der Waals surface area (Å²) < 4.78 is 10.3. The number of benzene rings is 1. The first-order chi connectivity index (χ1) is 9.60. The van der Waals surface area contributed by atoms with Gasteiger partial charge in [0.1, 0.15) is 11.9 Å². The van der Waals surface area contributed by atoms with Crippen LogP contribution in [0.4, 0.5) is 0 Å². The van der Waals surface area contributed by atoms with Crippen LogP contribution >= 0.6 is 0 Å². The molecule has 1 aliphatic heterocycles. The maximum atomic E-state index is 11.0. The van der Waals surface area contributed by atoms with Crippen molar-refractivity contribution < 1.29 is 14.3 Å². The molecule has 1 aromatic rings. The number of carbonyl (C=O) groups is 1. The molecule has 2 rings (SSSR count). The fourth-order valence-corrected chi connectivity index (χ4v) is 2.57. The van der Waals surface area contributed by atoms with Crippen molar-refractivity contribution in [1.29, 1.82) is 0 Å². The lowest BCUT2D eigenvalue weighted by molar-refractivity contribution is -0.140. The molecule has 2 atom stereocenters. The highest BCUT2D eigenvalue weighted by atomic mass is 16.5. The highest BCUT2D eigenvalue weighted by Gasteiger charge is 2.20. The number of hydrogen-bond donors (Lipinski definition) is 1. The smallest absolute Gasteiger partial charge is 0.305 e. The number of fused-ring (bicyclic) bond motifs is 1. The van der Waals surface area contributed by atoms with E-state index in [1.807, 2.05) is 12.1 Å². The largest absolute Gasteiger partial charge is 0.490 e. The zero-order chi connectivity index (χ0) is 14.5. The van der Waals surface area contributed by atoms with Gasteiger partial charge in [0.25, 0.3) is 0 Å². The molecule has 110 valence electrons. The lowest BCUT2D eigenvalue weighted by Gasteiger charge is -2.13. The molecule has 0 saturated carbocycles. The molecule has 2 unspecified atom stereocenters. The van der Waals surface area contributed by atoms with Gasteiger partial charge in [-0.15, -0.1) is 0 Å². The number of ether oxygens (including phenoxy) is 2. The summed E-state index contributed by atoms with van der Waals surface area (Å²) in [5.41, 5.74) is 8.62. The van der Waals surface area contributed by atoms with Gasteiger partial charge in [-0.1, -0.05) is 18.6 Å². The fourth-order valence-electron chi connectivity index (χ4n) is 2.57. The van der Waals surface area contributed by atoms with Crippen molar-refractivity contribution in [3.63, 3.8) is 0 Å². The Morgan fingerprint density at radius 2 is 2.30 bits per heavy atom. The third-order valence-corrected chi connectivity index (χ3v) is 3.72. The molecule has 4 heteroatoms. The predicted molar refractivity (Wildman–Crippen MR) is 77.6 cm³/mol. The van der Waals surface area contributed by atoms with E-state index in [1.165, 1.54) is 12.7 Å². The van der Waals surface area contributed by atoms with E-state index in [0.717, 1.165) is 37.0 Å². The summed E-state index contributed by atoms with van der Waals surface area (Å²) in [6.45, 7) is 2.08.